The third-order valence-corrected chi connectivity index (χ3v) is 4.58. The van der Waals surface area contributed by atoms with Crippen LogP contribution < -0.4 is 15.4 Å². The molecule has 138 valence electrons. The first-order valence-corrected chi connectivity index (χ1v) is 8.74. The first kappa shape index (κ1) is 19.0. The van der Waals surface area contributed by atoms with Gasteiger partial charge in [0.25, 0.3) is 0 Å². The fourth-order valence-corrected chi connectivity index (χ4v) is 3.13. The molecule has 0 bridgehead atoms. The first-order chi connectivity index (χ1) is 12.0. The number of carbonyl (C=O) groups is 1. The third-order valence-electron chi connectivity index (χ3n) is 4.58. The fourth-order valence-electron chi connectivity index (χ4n) is 3.13. The molecule has 7 nitrogen and oxygen atoms in total. The lowest BCUT2D eigenvalue weighted by Crippen LogP contribution is -2.44. The number of nitrogens with zero attached hydrogens (tertiary/aromatic N) is 3. The molecule has 7 heteroatoms. The van der Waals surface area contributed by atoms with Crippen LogP contribution in [0.3, 0.4) is 0 Å². The van der Waals surface area contributed by atoms with Crippen molar-refractivity contribution < 1.29 is 9.53 Å². The minimum atomic E-state index is 0.207. The summed E-state index contributed by atoms with van der Waals surface area (Å²) in [6.07, 6.45) is 3.31. The number of aliphatic imine (C=N–C) groups is 1. The predicted molar refractivity (Wildman–Crippen MR) is 98.9 cm³/mol. The van der Waals surface area contributed by atoms with E-state index in [2.05, 4.69) is 20.6 Å². The van der Waals surface area contributed by atoms with Gasteiger partial charge in [-0.3, -0.25) is 14.8 Å². The van der Waals surface area contributed by atoms with Crippen molar-refractivity contribution in [1.82, 2.24) is 20.5 Å². The number of ether oxygens (including phenoxy) is 1. The van der Waals surface area contributed by atoms with E-state index in [4.69, 9.17) is 4.74 Å². The highest BCUT2D eigenvalue weighted by molar-refractivity contribution is 5.80. The maximum atomic E-state index is 11.8. The predicted octanol–water partition coefficient (Wildman–Crippen LogP) is 1.38. The lowest BCUT2D eigenvalue weighted by molar-refractivity contribution is -0.129. The molecule has 1 aliphatic heterocycles. The van der Waals surface area contributed by atoms with Crippen molar-refractivity contribution in [2.45, 2.75) is 46.2 Å². The molecule has 1 aromatic heterocycles. The highest BCUT2D eigenvalue weighted by Crippen LogP contribution is 2.23. The number of guanidine groups is 1. The van der Waals surface area contributed by atoms with Crippen molar-refractivity contribution in [3.8, 4) is 5.75 Å². The summed E-state index contributed by atoms with van der Waals surface area (Å²) in [4.78, 5) is 22.5. The summed E-state index contributed by atoms with van der Waals surface area (Å²) in [5.41, 5.74) is 2.99. The van der Waals surface area contributed by atoms with E-state index in [1.807, 2.05) is 31.9 Å². The average molecular weight is 347 g/mol. The monoisotopic (exact) mass is 347 g/mol. The highest BCUT2D eigenvalue weighted by atomic mass is 16.5. The Labute approximate surface area is 149 Å². The van der Waals surface area contributed by atoms with Crippen LogP contribution in [0.1, 0.15) is 36.6 Å². The van der Waals surface area contributed by atoms with Crippen LogP contribution in [0.25, 0.3) is 0 Å². The van der Waals surface area contributed by atoms with Gasteiger partial charge in [0, 0.05) is 49.9 Å². The Kier molecular flexibility index (Phi) is 6.61. The van der Waals surface area contributed by atoms with Gasteiger partial charge in [0.1, 0.15) is 5.75 Å². The van der Waals surface area contributed by atoms with Crippen LogP contribution in [0.5, 0.6) is 5.75 Å². The molecule has 0 aromatic carbocycles. The number of hydrogen-bond acceptors (Lipinski definition) is 4. The molecule has 0 radical (unpaired) electrons. The van der Waals surface area contributed by atoms with E-state index in [1.54, 1.807) is 14.2 Å². The summed E-state index contributed by atoms with van der Waals surface area (Å²) in [6.45, 7) is 7.98. The molecule has 0 saturated carbocycles. The van der Waals surface area contributed by atoms with Crippen LogP contribution in [0.4, 0.5) is 0 Å². The molecule has 2 rings (SSSR count). The quantitative estimate of drug-likeness (QED) is 0.621. The molecule has 2 N–H and O–H groups in total. The Morgan fingerprint density at radius 3 is 2.88 bits per heavy atom. The fraction of sp³-hybridized carbons (Fsp3) is 0.611. The SMILES string of the molecule is CCC(=O)N1CCC(NC(=NC)NCc2ncc(C)c(OC)c2C)C1. The average Bonchev–Trinajstić information content (AvgIpc) is 3.08. The lowest BCUT2D eigenvalue weighted by Gasteiger charge is -2.19. The summed E-state index contributed by atoms with van der Waals surface area (Å²) in [6, 6.07) is 0.225. The zero-order valence-corrected chi connectivity index (χ0v) is 15.8. The van der Waals surface area contributed by atoms with Gasteiger partial charge < -0.3 is 20.3 Å². The van der Waals surface area contributed by atoms with E-state index in [9.17, 15) is 4.79 Å². The van der Waals surface area contributed by atoms with Gasteiger partial charge in [-0.2, -0.15) is 0 Å². The molecule has 1 unspecified atom stereocenters. The van der Waals surface area contributed by atoms with Crippen molar-refractivity contribution in [2.24, 2.45) is 4.99 Å². The molecular formula is C18H29N5O2. The van der Waals surface area contributed by atoms with Crippen LogP contribution in [-0.4, -0.2) is 55.0 Å². The smallest absolute Gasteiger partial charge is 0.222 e. The van der Waals surface area contributed by atoms with E-state index in [0.29, 0.717) is 13.0 Å². The van der Waals surface area contributed by atoms with Crippen molar-refractivity contribution >= 4 is 11.9 Å². The molecule has 1 fully saturated rings. The Hall–Kier alpha value is -2.31. The molecule has 0 aliphatic carbocycles. The number of methoxy groups -OCH3 is 1. The minimum Gasteiger partial charge on any atom is -0.496 e. The van der Waals surface area contributed by atoms with Crippen LogP contribution >= 0.6 is 0 Å². The number of amides is 1. The summed E-state index contributed by atoms with van der Waals surface area (Å²) in [7, 11) is 3.42. The zero-order chi connectivity index (χ0) is 18.4. The second-order valence-electron chi connectivity index (χ2n) is 6.30. The van der Waals surface area contributed by atoms with Crippen LogP contribution in [0, 0.1) is 13.8 Å². The maximum Gasteiger partial charge on any atom is 0.222 e. The second-order valence-corrected chi connectivity index (χ2v) is 6.30. The lowest BCUT2D eigenvalue weighted by atomic mass is 10.1. The summed E-state index contributed by atoms with van der Waals surface area (Å²) in [5.74, 6) is 1.80. The van der Waals surface area contributed by atoms with Crippen molar-refractivity contribution in [3.05, 3.63) is 23.0 Å². The summed E-state index contributed by atoms with van der Waals surface area (Å²) >= 11 is 0. The van der Waals surface area contributed by atoms with E-state index in [1.165, 1.54) is 0 Å². The number of nitrogens with one attached hydrogen (secondary N) is 2. The number of rotatable bonds is 5. The van der Waals surface area contributed by atoms with Gasteiger partial charge in [0.15, 0.2) is 5.96 Å². The standard InChI is InChI=1S/C18H29N5O2/c1-6-16(24)23-8-7-14(11-23)22-18(19-4)21-10-15-13(3)17(25-5)12(2)9-20-15/h9,14H,6-8,10-11H2,1-5H3,(H2,19,21,22). The Morgan fingerprint density at radius 2 is 2.24 bits per heavy atom. The number of aryl methyl sites for hydroxylation is 1. The van der Waals surface area contributed by atoms with E-state index < -0.39 is 0 Å². The molecule has 25 heavy (non-hydrogen) atoms. The molecular weight excluding hydrogens is 318 g/mol. The molecule has 1 aromatic rings. The number of pyridine rings is 1. The van der Waals surface area contributed by atoms with Crippen LogP contribution in [0.2, 0.25) is 0 Å². The van der Waals surface area contributed by atoms with E-state index in [0.717, 1.165) is 48.0 Å². The zero-order valence-electron chi connectivity index (χ0n) is 15.8. The van der Waals surface area contributed by atoms with Gasteiger partial charge in [-0.1, -0.05) is 6.92 Å². The number of aromatic nitrogens is 1. The summed E-state index contributed by atoms with van der Waals surface area (Å²) < 4.78 is 5.45. The van der Waals surface area contributed by atoms with Crippen molar-refractivity contribution in [2.75, 3.05) is 27.2 Å². The minimum absolute atomic E-state index is 0.207. The highest BCUT2D eigenvalue weighted by Gasteiger charge is 2.25. The Morgan fingerprint density at radius 1 is 1.48 bits per heavy atom. The Balaban J connectivity index is 1.93. The molecule has 1 atom stereocenters. The molecule has 0 spiro atoms. The number of likely N-dealkylation sites (tertiary alicyclic amines) is 1. The van der Waals surface area contributed by atoms with E-state index in [-0.39, 0.29) is 11.9 Å². The molecule has 1 aliphatic rings. The van der Waals surface area contributed by atoms with Crippen molar-refractivity contribution in [1.29, 1.82) is 0 Å². The number of hydrogen-bond donors (Lipinski definition) is 2. The number of carbonyl (C=O) groups excluding carboxylic acids is 1. The van der Waals surface area contributed by atoms with Gasteiger partial charge >= 0.3 is 0 Å². The molecule has 1 amide bonds. The largest absolute Gasteiger partial charge is 0.496 e. The van der Waals surface area contributed by atoms with Gasteiger partial charge in [-0.05, 0) is 20.3 Å². The topological polar surface area (TPSA) is 78.9 Å². The van der Waals surface area contributed by atoms with Crippen LogP contribution in [0.15, 0.2) is 11.2 Å². The van der Waals surface area contributed by atoms with E-state index >= 15 is 0 Å². The van der Waals surface area contributed by atoms with Crippen LogP contribution in [-0.2, 0) is 11.3 Å². The van der Waals surface area contributed by atoms with Gasteiger partial charge in [-0.25, -0.2) is 0 Å². The molecule has 2 heterocycles. The van der Waals surface area contributed by atoms with Gasteiger partial charge in [0.05, 0.1) is 19.3 Å². The maximum absolute atomic E-state index is 11.8. The molecule has 1 saturated heterocycles. The second kappa shape index (κ2) is 8.69. The van der Waals surface area contributed by atoms with Gasteiger partial charge in [-0.15, -0.1) is 0 Å². The third kappa shape index (κ3) is 4.61. The Bertz CT molecular complexity index is 645. The first-order valence-electron chi connectivity index (χ1n) is 8.74. The summed E-state index contributed by atoms with van der Waals surface area (Å²) in [5, 5.41) is 6.69. The normalized spacial score (nSPS) is 17.6. The van der Waals surface area contributed by atoms with Gasteiger partial charge in [0.2, 0.25) is 5.91 Å². The van der Waals surface area contributed by atoms with Crippen molar-refractivity contribution in [3.63, 3.8) is 0 Å².